The van der Waals surface area contributed by atoms with Gasteiger partial charge < -0.3 is 10.2 Å². The van der Waals surface area contributed by atoms with Gasteiger partial charge in [0.1, 0.15) is 5.82 Å². The van der Waals surface area contributed by atoms with Gasteiger partial charge in [-0.05, 0) is 26.3 Å². The van der Waals surface area contributed by atoms with E-state index in [-0.39, 0.29) is 0 Å². The van der Waals surface area contributed by atoms with Gasteiger partial charge in [0, 0.05) is 44.5 Å². The third-order valence-corrected chi connectivity index (χ3v) is 4.06. The number of rotatable bonds is 2. The van der Waals surface area contributed by atoms with Gasteiger partial charge in [-0.2, -0.15) is 4.98 Å². The maximum Gasteiger partial charge on any atom is 0.224 e. The van der Waals surface area contributed by atoms with E-state index in [4.69, 9.17) is 0 Å². The quantitative estimate of drug-likeness (QED) is 0.848. The maximum atomic E-state index is 4.61. The predicted octanol–water partition coefficient (Wildman–Crippen LogP) is 1.11. The van der Waals surface area contributed by atoms with Crippen molar-refractivity contribution in [2.45, 2.75) is 25.8 Å². The highest BCUT2D eigenvalue weighted by molar-refractivity contribution is 5.49. The number of aryl methyl sites for hydroxylation is 1. The summed E-state index contributed by atoms with van der Waals surface area (Å²) in [5.41, 5.74) is 1.17. The SMILES string of the molecule is CNc1ncc(C)c(N2CCN3CCCC3C2)n1. The average molecular weight is 247 g/mol. The molecule has 0 radical (unpaired) electrons. The predicted molar refractivity (Wildman–Crippen MR) is 73.1 cm³/mol. The minimum absolute atomic E-state index is 0.712. The van der Waals surface area contributed by atoms with E-state index in [0.29, 0.717) is 5.95 Å². The van der Waals surface area contributed by atoms with Gasteiger partial charge in [-0.25, -0.2) is 4.98 Å². The number of fused-ring (bicyclic) bond motifs is 1. The second kappa shape index (κ2) is 4.72. The van der Waals surface area contributed by atoms with Crippen LogP contribution in [0.3, 0.4) is 0 Å². The molecule has 3 heterocycles. The van der Waals surface area contributed by atoms with Gasteiger partial charge in [0.2, 0.25) is 5.95 Å². The van der Waals surface area contributed by atoms with E-state index in [1.54, 1.807) is 0 Å². The van der Waals surface area contributed by atoms with Crippen LogP contribution in [0.25, 0.3) is 0 Å². The standard InChI is InChI=1S/C13H21N5/c1-10-8-15-13(14-2)16-12(10)18-7-6-17-5-3-4-11(17)9-18/h8,11H,3-7,9H2,1-2H3,(H,14,15,16). The molecule has 1 N–H and O–H groups in total. The lowest BCUT2D eigenvalue weighted by Gasteiger charge is -2.38. The molecule has 0 aromatic carbocycles. The summed E-state index contributed by atoms with van der Waals surface area (Å²) in [6.45, 7) is 6.74. The zero-order chi connectivity index (χ0) is 12.5. The van der Waals surface area contributed by atoms with Crippen LogP contribution in [-0.4, -0.2) is 54.1 Å². The Hall–Kier alpha value is -1.36. The third-order valence-electron chi connectivity index (χ3n) is 4.06. The third kappa shape index (κ3) is 2.03. The molecular formula is C13H21N5. The first-order valence-corrected chi connectivity index (χ1v) is 6.78. The molecule has 1 atom stereocenters. The Morgan fingerprint density at radius 2 is 2.22 bits per heavy atom. The van der Waals surface area contributed by atoms with E-state index in [0.717, 1.165) is 24.9 Å². The molecule has 1 aromatic heterocycles. The first kappa shape index (κ1) is 11.7. The number of hydrogen-bond donors (Lipinski definition) is 1. The van der Waals surface area contributed by atoms with Crippen molar-refractivity contribution in [3.8, 4) is 0 Å². The summed E-state index contributed by atoms with van der Waals surface area (Å²) in [6.07, 6.45) is 4.59. The molecule has 18 heavy (non-hydrogen) atoms. The van der Waals surface area contributed by atoms with E-state index >= 15 is 0 Å². The molecule has 0 saturated carbocycles. The zero-order valence-corrected chi connectivity index (χ0v) is 11.2. The minimum Gasteiger partial charge on any atom is -0.357 e. The van der Waals surface area contributed by atoms with Crippen LogP contribution in [0.1, 0.15) is 18.4 Å². The van der Waals surface area contributed by atoms with Crippen molar-refractivity contribution >= 4 is 11.8 Å². The summed E-state index contributed by atoms with van der Waals surface area (Å²) >= 11 is 0. The Morgan fingerprint density at radius 1 is 1.33 bits per heavy atom. The largest absolute Gasteiger partial charge is 0.357 e. The van der Waals surface area contributed by atoms with Crippen molar-refractivity contribution in [3.05, 3.63) is 11.8 Å². The van der Waals surface area contributed by atoms with Crippen LogP contribution in [0.5, 0.6) is 0 Å². The molecule has 5 heteroatoms. The molecule has 98 valence electrons. The van der Waals surface area contributed by atoms with Gasteiger partial charge in [-0.1, -0.05) is 0 Å². The van der Waals surface area contributed by atoms with E-state index in [1.165, 1.54) is 31.5 Å². The lowest BCUT2D eigenvalue weighted by atomic mass is 10.1. The highest BCUT2D eigenvalue weighted by Gasteiger charge is 2.31. The van der Waals surface area contributed by atoms with Crippen molar-refractivity contribution < 1.29 is 0 Å². The van der Waals surface area contributed by atoms with Crippen molar-refractivity contribution in [2.75, 3.05) is 43.4 Å². The van der Waals surface area contributed by atoms with Crippen LogP contribution < -0.4 is 10.2 Å². The smallest absolute Gasteiger partial charge is 0.224 e. The summed E-state index contributed by atoms with van der Waals surface area (Å²) in [5, 5.41) is 3.02. The van der Waals surface area contributed by atoms with Crippen LogP contribution in [-0.2, 0) is 0 Å². The monoisotopic (exact) mass is 247 g/mol. The second-order valence-corrected chi connectivity index (χ2v) is 5.23. The topological polar surface area (TPSA) is 44.3 Å². The Balaban J connectivity index is 1.82. The molecule has 0 amide bonds. The maximum absolute atomic E-state index is 4.61. The molecule has 5 nitrogen and oxygen atoms in total. The Morgan fingerprint density at radius 3 is 3.06 bits per heavy atom. The highest BCUT2D eigenvalue weighted by Crippen LogP contribution is 2.26. The molecule has 2 saturated heterocycles. The second-order valence-electron chi connectivity index (χ2n) is 5.23. The van der Waals surface area contributed by atoms with Gasteiger partial charge in [0.05, 0.1) is 0 Å². The average Bonchev–Trinajstić information content (AvgIpc) is 2.86. The number of hydrogen-bond acceptors (Lipinski definition) is 5. The Labute approximate surface area is 108 Å². The molecular weight excluding hydrogens is 226 g/mol. The summed E-state index contributed by atoms with van der Waals surface area (Å²) in [7, 11) is 1.86. The summed E-state index contributed by atoms with van der Waals surface area (Å²) in [6, 6.07) is 0.728. The van der Waals surface area contributed by atoms with Crippen LogP contribution in [0.15, 0.2) is 6.20 Å². The van der Waals surface area contributed by atoms with Gasteiger partial charge in [0.25, 0.3) is 0 Å². The first-order valence-electron chi connectivity index (χ1n) is 6.78. The van der Waals surface area contributed by atoms with Gasteiger partial charge in [-0.15, -0.1) is 0 Å². The summed E-state index contributed by atoms with van der Waals surface area (Å²) in [4.78, 5) is 13.9. The molecule has 0 bridgehead atoms. The fourth-order valence-corrected chi connectivity index (χ4v) is 3.06. The van der Waals surface area contributed by atoms with Crippen LogP contribution in [0.2, 0.25) is 0 Å². The molecule has 3 rings (SSSR count). The van der Waals surface area contributed by atoms with Crippen LogP contribution in [0.4, 0.5) is 11.8 Å². The summed E-state index contributed by atoms with van der Waals surface area (Å²) in [5.74, 6) is 1.81. The van der Waals surface area contributed by atoms with E-state index in [2.05, 4.69) is 32.0 Å². The number of nitrogens with zero attached hydrogens (tertiary/aromatic N) is 4. The number of piperazine rings is 1. The fourth-order valence-electron chi connectivity index (χ4n) is 3.06. The first-order chi connectivity index (χ1) is 8.78. The molecule has 2 aliphatic heterocycles. The van der Waals surface area contributed by atoms with Crippen molar-refractivity contribution in [3.63, 3.8) is 0 Å². The van der Waals surface area contributed by atoms with Gasteiger partial charge >= 0.3 is 0 Å². The van der Waals surface area contributed by atoms with Crippen molar-refractivity contribution in [1.29, 1.82) is 0 Å². The van der Waals surface area contributed by atoms with Crippen molar-refractivity contribution in [1.82, 2.24) is 14.9 Å². The summed E-state index contributed by atoms with van der Waals surface area (Å²) < 4.78 is 0. The molecule has 0 spiro atoms. The lowest BCUT2D eigenvalue weighted by Crippen LogP contribution is -2.50. The number of nitrogens with one attached hydrogen (secondary N) is 1. The molecule has 1 aromatic rings. The minimum atomic E-state index is 0.712. The number of aromatic nitrogens is 2. The van der Waals surface area contributed by atoms with E-state index < -0.39 is 0 Å². The van der Waals surface area contributed by atoms with Crippen molar-refractivity contribution in [2.24, 2.45) is 0 Å². The Bertz CT molecular complexity index is 433. The zero-order valence-electron chi connectivity index (χ0n) is 11.2. The molecule has 2 fully saturated rings. The Kier molecular flexibility index (Phi) is 3.07. The molecule has 0 aliphatic carbocycles. The molecule has 2 aliphatic rings. The van der Waals surface area contributed by atoms with Crippen LogP contribution in [0, 0.1) is 6.92 Å². The van der Waals surface area contributed by atoms with Gasteiger partial charge in [-0.3, -0.25) is 4.90 Å². The van der Waals surface area contributed by atoms with E-state index in [9.17, 15) is 0 Å². The normalized spacial score (nSPS) is 24.1. The van der Waals surface area contributed by atoms with E-state index in [1.807, 2.05) is 13.2 Å². The number of anilines is 2. The lowest BCUT2D eigenvalue weighted by molar-refractivity contribution is 0.230. The van der Waals surface area contributed by atoms with Crippen LogP contribution >= 0.6 is 0 Å². The molecule has 1 unspecified atom stereocenters. The van der Waals surface area contributed by atoms with Gasteiger partial charge in [0.15, 0.2) is 0 Å². The highest BCUT2D eigenvalue weighted by atomic mass is 15.3. The fraction of sp³-hybridized carbons (Fsp3) is 0.692.